The normalized spacial score (nSPS) is 13.6. The molecule has 5 heteroatoms. The second-order valence-electron chi connectivity index (χ2n) is 4.59. The molecule has 0 saturated heterocycles. The van der Waals surface area contributed by atoms with E-state index < -0.39 is 0 Å². The van der Waals surface area contributed by atoms with Crippen molar-refractivity contribution >= 4 is 12.4 Å². The van der Waals surface area contributed by atoms with Gasteiger partial charge < -0.3 is 15.0 Å². The first-order valence-corrected chi connectivity index (χ1v) is 6.06. The van der Waals surface area contributed by atoms with Gasteiger partial charge in [0.25, 0.3) is 0 Å². The number of ether oxygens (including phenoxy) is 1. The quantitative estimate of drug-likeness (QED) is 0.504. The van der Waals surface area contributed by atoms with Crippen LogP contribution in [0.5, 0.6) is 0 Å². The Labute approximate surface area is 111 Å². The minimum absolute atomic E-state index is 0.334. The molecule has 0 aliphatic rings. The summed E-state index contributed by atoms with van der Waals surface area (Å²) in [5, 5.41) is 7.47. The fourth-order valence-corrected chi connectivity index (χ4v) is 1.56. The summed E-state index contributed by atoms with van der Waals surface area (Å²) >= 11 is 0. The summed E-state index contributed by atoms with van der Waals surface area (Å²) in [7, 11) is 5.70. The molecule has 1 unspecified atom stereocenters. The maximum absolute atomic E-state index is 7.47. The molecule has 5 nitrogen and oxygen atoms in total. The van der Waals surface area contributed by atoms with Gasteiger partial charge in [-0.1, -0.05) is 0 Å². The number of rotatable bonds is 9. The zero-order chi connectivity index (χ0) is 14.1. The third kappa shape index (κ3) is 6.51. The van der Waals surface area contributed by atoms with Crippen LogP contribution in [0, 0.1) is 5.41 Å². The number of methoxy groups -OCH3 is 1. The zero-order valence-corrected chi connectivity index (χ0v) is 12.2. The highest BCUT2D eigenvalue weighted by atomic mass is 16.5. The second kappa shape index (κ2) is 8.83. The summed E-state index contributed by atoms with van der Waals surface area (Å²) in [6.07, 6.45) is 2.72. The standard InChI is InChI=1S/C13H26N4O/c1-11(14)9-13(15-3)17(5)12(2)7-8-16(4)10-18-6/h9,12,14H,3,7-8,10H2,1-2,4-6H3/b13-9+,14-11?. The van der Waals surface area contributed by atoms with Crippen LogP contribution in [0.2, 0.25) is 0 Å². The molecule has 0 bridgehead atoms. The maximum Gasteiger partial charge on any atom is 0.129 e. The lowest BCUT2D eigenvalue weighted by Crippen LogP contribution is -2.32. The Kier molecular flexibility index (Phi) is 8.24. The highest BCUT2D eigenvalue weighted by Gasteiger charge is 2.12. The van der Waals surface area contributed by atoms with Crippen molar-refractivity contribution in [3.8, 4) is 0 Å². The predicted octanol–water partition coefficient (Wildman–Crippen LogP) is 1.81. The van der Waals surface area contributed by atoms with E-state index in [4.69, 9.17) is 10.1 Å². The van der Waals surface area contributed by atoms with Crippen LogP contribution in [0.1, 0.15) is 20.3 Å². The van der Waals surface area contributed by atoms with E-state index in [-0.39, 0.29) is 0 Å². The van der Waals surface area contributed by atoms with Crippen LogP contribution in [0.15, 0.2) is 16.9 Å². The SMILES string of the molecule is C=N/C(=C\C(C)=N)N(C)C(C)CCN(C)COC. The Balaban J connectivity index is 4.35. The first-order valence-electron chi connectivity index (χ1n) is 6.06. The van der Waals surface area contributed by atoms with Gasteiger partial charge in [-0.05, 0) is 34.0 Å². The average Bonchev–Trinajstić information content (AvgIpc) is 2.32. The molecule has 0 aromatic carbocycles. The van der Waals surface area contributed by atoms with Crippen LogP contribution >= 0.6 is 0 Å². The van der Waals surface area contributed by atoms with Gasteiger partial charge in [-0.15, -0.1) is 0 Å². The molecule has 1 N–H and O–H groups in total. The van der Waals surface area contributed by atoms with Gasteiger partial charge in [-0.2, -0.15) is 0 Å². The van der Waals surface area contributed by atoms with Gasteiger partial charge in [-0.3, -0.25) is 4.90 Å². The average molecular weight is 254 g/mol. The van der Waals surface area contributed by atoms with Crippen molar-refractivity contribution in [3.63, 3.8) is 0 Å². The summed E-state index contributed by atoms with van der Waals surface area (Å²) in [5.41, 5.74) is 0.480. The van der Waals surface area contributed by atoms with Crippen LogP contribution in [0.25, 0.3) is 0 Å². The van der Waals surface area contributed by atoms with Gasteiger partial charge in [0.15, 0.2) is 0 Å². The topological polar surface area (TPSA) is 51.9 Å². The summed E-state index contributed by atoms with van der Waals surface area (Å²) in [6.45, 7) is 9.01. The minimum Gasteiger partial charge on any atom is -0.369 e. The molecule has 0 aromatic rings. The van der Waals surface area contributed by atoms with Crippen molar-refractivity contribution in [3.05, 3.63) is 11.9 Å². The maximum atomic E-state index is 7.47. The number of nitrogens with one attached hydrogen (secondary N) is 1. The molecule has 0 fully saturated rings. The third-order valence-corrected chi connectivity index (χ3v) is 2.81. The number of aliphatic imine (C=N–C) groups is 1. The third-order valence-electron chi connectivity index (χ3n) is 2.81. The molecule has 1 atom stereocenters. The first-order chi connectivity index (χ1) is 8.42. The summed E-state index contributed by atoms with van der Waals surface area (Å²) in [5.74, 6) is 0.740. The summed E-state index contributed by atoms with van der Waals surface area (Å²) in [4.78, 5) is 8.14. The van der Waals surface area contributed by atoms with Crippen molar-refractivity contribution in [2.45, 2.75) is 26.3 Å². The van der Waals surface area contributed by atoms with Crippen molar-refractivity contribution in [2.75, 3.05) is 34.5 Å². The Hall–Kier alpha value is -1.20. The summed E-state index contributed by atoms with van der Waals surface area (Å²) in [6, 6.07) is 0.334. The fraction of sp³-hybridized carbons (Fsp3) is 0.692. The predicted molar refractivity (Wildman–Crippen MR) is 77.4 cm³/mol. The Morgan fingerprint density at radius 1 is 1.50 bits per heavy atom. The molecule has 0 saturated carbocycles. The van der Waals surface area contributed by atoms with Crippen molar-refractivity contribution in [1.82, 2.24) is 9.80 Å². The van der Waals surface area contributed by atoms with Gasteiger partial charge in [-0.25, -0.2) is 4.99 Å². The molecule has 0 spiro atoms. The van der Waals surface area contributed by atoms with Gasteiger partial charge in [0.05, 0.1) is 6.73 Å². The summed E-state index contributed by atoms with van der Waals surface area (Å²) < 4.78 is 5.06. The molecular weight excluding hydrogens is 228 g/mol. The van der Waals surface area contributed by atoms with E-state index in [1.807, 2.05) is 19.0 Å². The molecular formula is C13H26N4O. The lowest BCUT2D eigenvalue weighted by Gasteiger charge is -2.28. The van der Waals surface area contributed by atoms with E-state index in [1.54, 1.807) is 20.1 Å². The van der Waals surface area contributed by atoms with Crippen LogP contribution in [0.4, 0.5) is 0 Å². The first kappa shape index (κ1) is 16.8. The lowest BCUT2D eigenvalue weighted by atomic mass is 10.2. The van der Waals surface area contributed by atoms with Gasteiger partial charge in [0.2, 0.25) is 0 Å². The van der Waals surface area contributed by atoms with Crippen molar-refractivity contribution < 1.29 is 4.74 Å². The van der Waals surface area contributed by atoms with Gasteiger partial charge in [0, 0.05) is 38.5 Å². The fourth-order valence-electron chi connectivity index (χ4n) is 1.56. The minimum atomic E-state index is 0.334. The molecule has 104 valence electrons. The highest BCUT2D eigenvalue weighted by Crippen LogP contribution is 2.11. The van der Waals surface area contributed by atoms with E-state index in [2.05, 4.69) is 23.5 Å². The van der Waals surface area contributed by atoms with Crippen molar-refractivity contribution in [2.24, 2.45) is 4.99 Å². The Bertz CT molecular complexity index is 301. The van der Waals surface area contributed by atoms with Crippen LogP contribution in [0.3, 0.4) is 0 Å². The van der Waals surface area contributed by atoms with E-state index in [0.717, 1.165) is 18.8 Å². The molecule has 0 aliphatic carbocycles. The molecule has 0 heterocycles. The highest BCUT2D eigenvalue weighted by molar-refractivity contribution is 5.90. The van der Waals surface area contributed by atoms with Crippen molar-refractivity contribution in [1.29, 1.82) is 5.41 Å². The number of hydrogen-bond donors (Lipinski definition) is 1. The smallest absolute Gasteiger partial charge is 0.129 e. The van der Waals surface area contributed by atoms with Crippen LogP contribution < -0.4 is 0 Å². The van der Waals surface area contributed by atoms with E-state index in [9.17, 15) is 0 Å². The Morgan fingerprint density at radius 3 is 2.56 bits per heavy atom. The van der Waals surface area contributed by atoms with Crippen LogP contribution in [-0.4, -0.2) is 62.8 Å². The van der Waals surface area contributed by atoms with E-state index >= 15 is 0 Å². The number of hydrogen-bond acceptors (Lipinski definition) is 5. The molecule has 18 heavy (non-hydrogen) atoms. The van der Waals surface area contributed by atoms with Gasteiger partial charge in [0.1, 0.15) is 5.82 Å². The largest absolute Gasteiger partial charge is 0.369 e. The molecule has 0 radical (unpaired) electrons. The second-order valence-corrected chi connectivity index (χ2v) is 4.59. The molecule has 0 amide bonds. The molecule has 0 rings (SSSR count). The number of nitrogens with zero attached hydrogens (tertiary/aromatic N) is 3. The van der Waals surface area contributed by atoms with E-state index in [1.165, 1.54) is 0 Å². The molecule has 0 aliphatic heterocycles. The monoisotopic (exact) mass is 254 g/mol. The van der Waals surface area contributed by atoms with E-state index in [0.29, 0.717) is 18.5 Å². The zero-order valence-electron chi connectivity index (χ0n) is 12.2. The lowest BCUT2D eigenvalue weighted by molar-refractivity contribution is 0.0767. The Morgan fingerprint density at radius 2 is 2.11 bits per heavy atom. The number of allylic oxidation sites excluding steroid dienone is 1. The van der Waals surface area contributed by atoms with Gasteiger partial charge >= 0.3 is 0 Å². The van der Waals surface area contributed by atoms with Crippen LogP contribution in [-0.2, 0) is 4.74 Å². The molecule has 0 aromatic heterocycles.